The fourth-order valence-electron chi connectivity index (χ4n) is 0. The van der Waals surface area contributed by atoms with Gasteiger partial charge in [0, 0.05) is 5.54 Å². The molecule has 0 bridgehead atoms. The van der Waals surface area contributed by atoms with Gasteiger partial charge in [-0.15, -0.1) is 6.58 Å². The van der Waals surface area contributed by atoms with Crippen molar-refractivity contribution in [2.75, 3.05) is 0 Å². The summed E-state index contributed by atoms with van der Waals surface area (Å²) in [5, 5.41) is 0. The largest absolute Gasteiger partial charge is 0.394 e. The van der Waals surface area contributed by atoms with E-state index in [1.165, 1.54) is 0 Å². The molecule has 0 rings (SSSR count). The summed E-state index contributed by atoms with van der Waals surface area (Å²) in [6.07, 6.45) is 1.72. The zero-order valence-corrected chi connectivity index (χ0v) is 7.30. The Morgan fingerprint density at radius 1 is 1.45 bits per heavy atom. The summed E-state index contributed by atoms with van der Waals surface area (Å²) in [6.45, 7) is 7.31. The Hall–Kier alpha value is -0.430. The van der Waals surface area contributed by atoms with Crippen LogP contribution < -0.4 is 5.73 Å². The van der Waals surface area contributed by atoms with E-state index in [1.807, 2.05) is 13.8 Å². The normalized spacial score (nSPS) is 11.4. The maximum absolute atomic E-state index is 8.74. The number of rotatable bonds is 1. The Labute approximate surface area is 66.5 Å². The summed E-state index contributed by atoms with van der Waals surface area (Å²) in [4.78, 5) is 0. The summed E-state index contributed by atoms with van der Waals surface area (Å²) in [7, 11) is -4.67. The molecule has 11 heavy (non-hydrogen) atoms. The van der Waals surface area contributed by atoms with Crippen LogP contribution >= 0.6 is 0 Å². The van der Waals surface area contributed by atoms with Crippen molar-refractivity contribution < 1.29 is 17.5 Å². The third-order valence-corrected chi connectivity index (χ3v) is 0.526. The highest BCUT2D eigenvalue weighted by Gasteiger charge is 1.99. The molecule has 0 radical (unpaired) electrons. The van der Waals surface area contributed by atoms with Gasteiger partial charge in [-0.2, -0.15) is 8.42 Å². The first kappa shape index (κ1) is 13.2. The molecule has 0 aromatic heterocycles. The summed E-state index contributed by atoms with van der Waals surface area (Å²) in [6, 6.07) is 0. The Morgan fingerprint density at radius 3 is 1.55 bits per heavy atom. The second-order valence-corrected chi connectivity index (χ2v) is 3.37. The van der Waals surface area contributed by atoms with Crippen molar-refractivity contribution in [3.8, 4) is 0 Å². The first-order valence-corrected chi connectivity index (χ1v) is 4.08. The molecular formula is C5H13NO4S. The van der Waals surface area contributed by atoms with Gasteiger partial charge in [-0.25, -0.2) is 0 Å². The number of hydrogen-bond donors (Lipinski definition) is 3. The average Bonchev–Trinajstić information content (AvgIpc) is 1.59. The summed E-state index contributed by atoms with van der Waals surface area (Å²) in [5.41, 5.74) is 5.22. The van der Waals surface area contributed by atoms with Gasteiger partial charge in [0.2, 0.25) is 0 Å². The standard InChI is InChI=1S/C5H11N.H2O4S/c1-4-5(2,3)6;1-5(2,3)4/h4H,1,6H2,2-3H3;(H2,1,2,3,4). The minimum Gasteiger partial charge on any atom is -0.322 e. The molecule has 6 heteroatoms. The molecule has 5 nitrogen and oxygen atoms in total. The van der Waals surface area contributed by atoms with Gasteiger partial charge in [0.25, 0.3) is 0 Å². The molecule has 0 saturated carbocycles. The molecular weight excluding hydrogens is 170 g/mol. The van der Waals surface area contributed by atoms with E-state index < -0.39 is 10.4 Å². The van der Waals surface area contributed by atoms with Crippen molar-refractivity contribution >= 4 is 10.4 Å². The van der Waals surface area contributed by atoms with Crippen LogP contribution in [0.5, 0.6) is 0 Å². The first-order valence-electron chi connectivity index (χ1n) is 2.68. The topological polar surface area (TPSA) is 101 Å². The molecule has 0 amide bonds. The van der Waals surface area contributed by atoms with Crippen LogP contribution in [-0.2, 0) is 10.4 Å². The third-order valence-electron chi connectivity index (χ3n) is 0.526. The smallest absolute Gasteiger partial charge is 0.322 e. The van der Waals surface area contributed by atoms with E-state index in [0.29, 0.717) is 0 Å². The zero-order valence-electron chi connectivity index (χ0n) is 6.48. The Bertz CT molecular complexity index is 193. The van der Waals surface area contributed by atoms with Gasteiger partial charge in [0.05, 0.1) is 0 Å². The molecule has 0 aliphatic rings. The van der Waals surface area contributed by atoms with Gasteiger partial charge in [-0.1, -0.05) is 6.08 Å². The lowest BCUT2D eigenvalue weighted by Gasteiger charge is -2.08. The molecule has 0 aliphatic carbocycles. The minimum atomic E-state index is -4.67. The van der Waals surface area contributed by atoms with E-state index >= 15 is 0 Å². The molecule has 0 heterocycles. The van der Waals surface area contributed by atoms with E-state index in [4.69, 9.17) is 23.3 Å². The monoisotopic (exact) mass is 183 g/mol. The van der Waals surface area contributed by atoms with Crippen LogP contribution in [0.4, 0.5) is 0 Å². The molecule has 0 fully saturated rings. The lowest BCUT2D eigenvalue weighted by Crippen LogP contribution is -2.27. The highest BCUT2D eigenvalue weighted by Crippen LogP contribution is 1.93. The quantitative estimate of drug-likeness (QED) is 0.400. The van der Waals surface area contributed by atoms with Crippen LogP contribution in [0, 0.1) is 0 Å². The molecule has 0 unspecified atom stereocenters. The Morgan fingerprint density at radius 2 is 1.55 bits per heavy atom. The van der Waals surface area contributed by atoms with E-state index in [0.717, 1.165) is 0 Å². The summed E-state index contributed by atoms with van der Waals surface area (Å²) >= 11 is 0. The average molecular weight is 183 g/mol. The Kier molecular flexibility index (Phi) is 5.33. The van der Waals surface area contributed by atoms with Crippen LogP contribution in [0.1, 0.15) is 13.8 Å². The summed E-state index contributed by atoms with van der Waals surface area (Å²) in [5.74, 6) is 0. The van der Waals surface area contributed by atoms with E-state index in [1.54, 1.807) is 6.08 Å². The van der Waals surface area contributed by atoms with Gasteiger partial charge >= 0.3 is 10.4 Å². The predicted octanol–water partition coefficient (Wildman–Crippen LogP) is 0.257. The van der Waals surface area contributed by atoms with E-state index in [-0.39, 0.29) is 5.54 Å². The van der Waals surface area contributed by atoms with E-state index in [2.05, 4.69) is 6.58 Å². The highest BCUT2D eigenvalue weighted by molar-refractivity contribution is 7.79. The molecule has 4 N–H and O–H groups in total. The molecule has 0 aromatic carbocycles. The minimum absolute atomic E-state index is 0.194. The SMILES string of the molecule is C=CC(C)(C)N.O=S(=O)(O)O. The van der Waals surface area contributed by atoms with Gasteiger partial charge < -0.3 is 5.73 Å². The van der Waals surface area contributed by atoms with Crippen LogP contribution in [-0.4, -0.2) is 23.1 Å². The fourth-order valence-corrected chi connectivity index (χ4v) is 0. The number of hydrogen-bond acceptors (Lipinski definition) is 3. The van der Waals surface area contributed by atoms with Gasteiger partial charge in [0.15, 0.2) is 0 Å². The summed E-state index contributed by atoms with van der Waals surface area (Å²) < 4.78 is 31.6. The molecule has 68 valence electrons. The molecule has 0 aromatic rings. The van der Waals surface area contributed by atoms with Crippen LogP contribution in [0.2, 0.25) is 0 Å². The second kappa shape index (κ2) is 4.45. The van der Waals surface area contributed by atoms with Gasteiger partial charge in [0.1, 0.15) is 0 Å². The van der Waals surface area contributed by atoms with Crippen molar-refractivity contribution in [2.24, 2.45) is 5.73 Å². The van der Waals surface area contributed by atoms with Crippen molar-refractivity contribution in [2.45, 2.75) is 19.4 Å². The maximum atomic E-state index is 8.74. The lowest BCUT2D eigenvalue weighted by atomic mass is 10.1. The van der Waals surface area contributed by atoms with Gasteiger partial charge in [-0.3, -0.25) is 9.11 Å². The van der Waals surface area contributed by atoms with Crippen LogP contribution in [0.15, 0.2) is 12.7 Å². The van der Waals surface area contributed by atoms with Crippen molar-refractivity contribution in [3.63, 3.8) is 0 Å². The molecule has 0 spiro atoms. The van der Waals surface area contributed by atoms with Gasteiger partial charge in [-0.05, 0) is 13.8 Å². The third kappa shape index (κ3) is 83.0. The van der Waals surface area contributed by atoms with Crippen molar-refractivity contribution in [1.82, 2.24) is 0 Å². The van der Waals surface area contributed by atoms with Crippen LogP contribution in [0.3, 0.4) is 0 Å². The first-order chi connectivity index (χ1) is 4.56. The molecule has 0 aliphatic heterocycles. The molecule has 0 atom stereocenters. The fraction of sp³-hybridized carbons (Fsp3) is 0.600. The second-order valence-electron chi connectivity index (χ2n) is 2.47. The highest BCUT2D eigenvalue weighted by atomic mass is 32.3. The maximum Gasteiger partial charge on any atom is 0.394 e. The van der Waals surface area contributed by atoms with Crippen LogP contribution in [0.25, 0.3) is 0 Å². The lowest BCUT2D eigenvalue weighted by molar-refractivity contribution is 0.381. The van der Waals surface area contributed by atoms with Crippen molar-refractivity contribution in [1.29, 1.82) is 0 Å². The molecule has 0 saturated heterocycles. The zero-order chi connectivity index (χ0) is 9.71. The number of nitrogens with two attached hydrogens (primary N) is 1. The Balaban J connectivity index is 0. The predicted molar refractivity (Wildman–Crippen MR) is 42.6 cm³/mol. The van der Waals surface area contributed by atoms with E-state index in [9.17, 15) is 0 Å². The van der Waals surface area contributed by atoms with Crippen molar-refractivity contribution in [3.05, 3.63) is 12.7 Å².